The minimum atomic E-state index is -1.36. The molecular formula is C26H26N2O5. The molecule has 4 rings (SSSR count). The van der Waals surface area contributed by atoms with E-state index in [9.17, 15) is 14.4 Å². The lowest BCUT2D eigenvalue weighted by molar-refractivity contribution is -0.261. The smallest absolute Gasteiger partial charge is 0.348 e. The summed E-state index contributed by atoms with van der Waals surface area (Å²) in [5, 5.41) is 3.65. The van der Waals surface area contributed by atoms with Crippen molar-refractivity contribution in [3.8, 4) is 0 Å². The zero-order chi connectivity index (χ0) is 23.8. The first-order chi connectivity index (χ1) is 15.6. The molecule has 170 valence electrons. The van der Waals surface area contributed by atoms with Crippen LogP contribution in [-0.4, -0.2) is 28.2 Å². The summed E-state index contributed by atoms with van der Waals surface area (Å²) >= 11 is 0. The molecule has 33 heavy (non-hydrogen) atoms. The van der Waals surface area contributed by atoms with Crippen LogP contribution in [-0.2, 0) is 30.4 Å². The standard InChI is InChI=1S/C26H26N2O5/c1-25(2,3)26(4)32-23(30)20(24(31)33-26)14-17-15-28(21-13-9-8-12-19(17)21)16-22(29)27-18-10-6-5-7-11-18/h5-15H,16H2,1-4H3,(H,27,29). The monoisotopic (exact) mass is 446 g/mol. The number of benzene rings is 2. The predicted octanol–water partition coefficient (Wildman–Crippen LogP) is 4.53. The van der Waals surface area contributed by atoms with Crippen molar-refractivity contribution in [2.24, 2.45) is 5.41 Å². The number of para-hydroxylation sites is 2. The summed E-state index contributed by atoms with van der Waals surface area (Å²) in [7, 11) is 0. The SMILES string of the molecule is CC(C)(C)C1(C)OC(=O)C(=Cc2cn(CC(=O)Nc3ccccc3)c3ccccc23)C(=O)O1. The van der Waals surface area contributed by atoms with E-state index in [1.807, 2.05) is 75.4 Å². The van der Waals surface area contributed by atoms with Gasteiger partial charge in [-0.1, -0.05) is 57.2 Å². The third-order valence-corrected chi connectivity index (χ3v) is 5.87. The van der Waals surface area contributed by atoms with Crippen molar-refractivity contribution in [1.82, 2.24) is 4.57 Å². The van der Waals surface area contributed by atoms with Gasteiger partial charge in [0, 0.05) is 40.7 Å². The molecule has 7 heteroatoms. The summed E-state index contributed by atoms with van der Waals surface area (Å²) in [5.41, 5.74) is 1.33. The lowest BCUT2D eigenvalue weighted by Gasteiger charge is -2.42. The van der Waals surface area contributed by atoms with E-state index in [-0.39, 0.29) is 18.0 Å². The molecular weight excluding hydrogens is 420 g/mol. The third kappa shape index (κ3) is 4.39. The topological polar surface area (TPSA) is 86.6 Å². The van der Waals surface area contributed by atoms with E-state index in [4.69, 9.17) is 9.47 Å². The van der Waals surface area contributed by atoms with Crippen molar-refractivity contribution in [2.45, 2.75) is 40.0 Å². The van der Waals surface area contributed by atoms with Gasteiger partial charge in [0.2, 0.25) is 5.91 Å². The lowest BCUT2D eigenvalue weighted by atomic mass is 9.85. The van der Waals surface area contributed by atoms with Gasteiger partial charge in [-0.15, -0.1) is 0 Å². The number of cyclic esters (lactones) is 2. The van der Waals surface area contributed by atoms with Crippen molar-refractivity contribution >= 4 is 40.5 Å². The fraction of sp³-hybridized carbons (Fsp3) is 0.269. The van der Waals surface area contributed by atoms with Crippen LogP contribution in [0.2, 0.25) is 0 Å². The maximum absolute atomic E-state index is 12.7. The van der Waals surface area contributed by atoms with Gasteiger partial charge in [-0.05, 0) is 24.3 Å². The summed E-state index contributed by atoms with van der Waals surface area (Å²) in [6.45, 7) is 7.13. The van der Waals surface area contributed by atoms with Gasteiger partial charge < -0.3 is 19.4 Å². The van der Waals surface area contributed by atoms with Crippen molar-refractivity contribution in [2.75, 3.05) is 5.32 Å². The molecule has 1 saturated heterocycles. The number of fused-ring (bicyclic) bond motifs is 1. The van der Waals surface area contributed by atoms with Crippen molar-refractivity contribution < 1.29 is 23.9 Å². The number of nitrogens with one attached hydrogen (secondary N) is 1. The zero-order valence-corrected chi connectivity index (χ0v) is 19.0. The Labute approximate surface area is 192 Å². The van der Waals surface area contributed by atoms with E-state index in [0.717, 1.165) is 10.9 Å². The number of esters is 2. The zero-order valence-electron chi connectivity index (χ0n) is 19.0. The second-order valence-corrected chi connectivity index (χ2v) is 9.18. The highest BCUT2D eigenvalue weighted by atomic mass is 16.7. The number of aromatic nitrogens is 1. The number of hydrogen-bond donors (Lipinski definition) is 1. The highest BCUT2D eigenvalue weighted by Gasteiger charge is 2.50. The largest absolute Gasteiger partial charge is 0.418 e. The molecule has 0 radical (unpaired) electrons. The van der Waals surface area contributed by atoms with Crippen LogP contribution in [0.25, 0.3) is 17.0 Å². The minimum Gasteiger partial charge on any atom is -0.418 e. The maximum atomic E-state index is 12.7. The Morgan fingerprint density at radius 3 is 2.24 bits per heavy atom. The molecule has 2 heterocycles. The predicted molar refractivity (Wildman–Crippen MR) is 125 cm³/mol. The van der Waals surface area contributed by atoms with Gasteiger partial charge in [0.25, 0.3) is 5.79 Å². The molecule has 1 amide bonds. The fourth-order valence-corrected chi connectivity index (χ4v) is 3.55. The van der Waals surface area contributed by atoms with Crippen LogP contribution < -0.4 is 5.32 Å². The normalized spacial score (nSPS) is 18.6. The average Bonchev–Trinajstić information content (AvgIpc) is 3.08. The molecule has 0 spiro atoms. The Morgan fingerprint density at radius 2 is 1.61 bits per heavy atom. The van der Waals surface area contributed by atoms with E-state index in [1.54, 1.807) is 17.7 Å². The van der Waals surface area contributed by atoms with E-state index >= 15 is 0 Å². The number of carbonyl (C=O) groups excluding carboxylic acids is 3. The Hall–Kier alpha value is -3.87. The Bertz CT molecular complexity index is 1240. The summed E-state index contributed by atoms with van der Waals surface area (Å²) in [6.07, 6.45) is 3.20. The number of nitrogens with zero attached hydrogens (tertiary/aromatic N) is 1. The van der Waals surface area contributed by atoms with Crippen molar-refractivity contribution in [3.63, 3.8) is 0 Å². The number of ether oxygens (including phenoxy) is 2. The summed E-state index contributed by atoms with van der Waals surface area (Å²) in [5.74, 6) is -3.02. The number of hydrogen-bond acceptors (Lipinski definition) is 5. The highest BCUT2D eigenvalue weighted by Crippen LogP contribution is 2.39. The number of anilines is 1. The van der Waals surface area contributed by atoms with Crippen molar-refractivity contribution in [1.29, 1.82) is 0 Å². The number of rotatable bonds is 4. The van der Waals surface area contributed by atoms with Gasteiger partial charge in [-0.25, -0.2) is 9.59 Å². The molecule has 1 aromatic heterocycles. The third-order valence-electron chi connectivity index (χ3n) is 5.87. The molecule has 1 N–H and O–H groups in total. The van der Waals surface area contributed by atoms with Gasteiger partial charge >= 0.3 is 11.9 Å². The van der Waals surface area contributed by atoms with Crippen LogP contribution in [0.3, 0.4) is 0 Å². The van der Waals surface area contributed by atoms with Gasteiger partial charge in [-0.3, -0.25) is 4.79 Å². The first kappa shape index (κ1) is 22.3. The van der Waals surface area contributed by atoms with E-state index in [0.29, 0.717) is 11.3 Å². The Balaban J connectivity index is 1.64. The van der Waals surface area contributed by atoms with E-state index in [2.05, 4.69) is 5.32 Å². The van der Waals surface area contributed by atoms with Crippen LogP contribution >= 0.6 is 0 Å². The first-order valence-corrected chi connectivity index (χ1v) is 10.7. The van der Waals surface area contributed by atoms with Crippen LogP contribution in [0.1, 0.15) is 33.3 Å². The summed E-state index contributed by atoms with van der Waals surface area (Å²) < 4.78 is 12.8. The van der Waals surface area contributed by atoms with Gasteiger partial charge in [0.15, 0.2) is 0 Å². The van der Waals surface area contributed by atoms with Crippen LogP contribution in [0.15, 0.2) is 66.4 Å². The van der Waals surface area contributed by atoms with Crippen LogP contribution in [0.4, 0.5) is 5.69 Å². The maximum Gasteiger partial charge on any atom is 0.348 e. The Kier molecular flexibility index (Phi) is 5.57. The van der Waals surface area contributed by atoms with Crippen LogP contribution in [0.5, 0.6) is 0 Å². The molecule has 3 aromatic rings. The minimum absolute atomic E-state index is 0.0650. The van der Waals surface area contributed by atoms with Gasteiger partial charge in [0.05, 0.1) is 0 Å². The molecule has 2 aromatic carbocycles. The quantitative estimate of drug-likeness (QED) is 0.362. The molecule has 0 unspecified atom stereocenters. The molecule has 0 saturated carbocycles. The number of amides is 1. The lowest BCUT2D eigenvalue weighted by Crippen LogP contribution is -2.52. The average molecular weight is 447 g/mol. The molecule has 1 aliphatic heterocycles. The fourth-order valence-electron chi connectivity index (χ4n) is 3.55. The summed E-state index contributed by atoms with van der Waals surface area (Å²) in [4.78, 5) is 38.1. The molecule has 0 bridgehead atoms. The van der Waals surface area contributed by atoms with E-state index < -0.39 is 23.1 Å². The van der Waals surface area contributed by atoms with Crippen LogP contribution in [0, 0.1) is 5.41 Å². The highest BCUT2D eigenvalue weighted by molar-refractivity contribution is 6.19. The molecule has 1 aliphatic rings. The van der Waals surface area contributed by atoms with Gasteiger partial charge in [-0.2, -0.15) is 0 Å². The second-order valence-electron chi connectivity index (χ2n) is 9.18. The first-order valence-electron chi connectivity index (χ1n) is 10.7. The molecule has 0 atom stereocenters. The molecule has 0 aliphatic carbocycles. The molecule has 7 nitrogen and oxygen atoms in total. The van der Waals surface area contributed by atoms with E-state index in [1.165, 1.54) is 6.08 Å². The van der Waals surface area contributed by atoms with Crippen molar-refractivity contribution in [3.05, 3.63) is 71.9 Å². The number of carbonyl (C=O) groups is 3. The second kappa shape index (κ2) is 8.24. The molecule has 1 fully saturated rings. The van der Waals surface area contributed by atoms with Gasteiger partial charge in [0.1, 0.15) is 12.1 Å². The Morgan fingerprint density at radius 1 is 1.00 bits per heavy atom. The summed E-state index contributed by atoms with van der Waals surface area (Å²) in [6, 6.07) is 16.7.